The highest BCUT2D eigenvalue weighted by Crippen LogP contribution is 2.48. The van der Waals surface area contributed by atoms with Crippen LogP contribution in [-0.2, 0) is 16.0 Å². The Balaban J connectivity index is 1.59. The maximum absolute atomic E-state index is 14.0. The molecule has 2 unspecified atom stereocenters. The minimum atomic E-state index is -1.11. The summed E-state index contributed by atoms with van der Waals surface area (Å²) in [5.41, 5.74) is 1.98. The molecule has 2 aliphatic heterocycles. The lowest BCUT2D eigenvalue weighted by Crippen LogP contribution is -2.29. The number of rotatable bonds is 6. The molecule has 1 N–H and O–H groups in total. The van der Waals surface area contributed by atoms with E-state index in [-0.39, 0.29) is 22.6 Å². The topological polar surface area (TPSA) is 107 Å². The summed E-state index contributed by atoms with van der Waals surface area (Å²) < 4.78 is 36.8. The van der Waals surface area contributed by atoms with Crippen molar-refractivity contribution in [3.05, 3.63) is 76.6 Å². The SMILES string of the molecule is COc1cc(C2/C(=C(\O)c3ccc4c(c3)CC(C)O4)C(=O)C(=O)N2c2nc3ccc(F)cc3s2)cc(OC)c1OC. The molecule has 2 aliphatic rings. The van der Waals surface area contributed by atoms with Crippen LogP contribution < -0.4 is 23.8 Å². The molecule has 0 saturated carbocycles. The molecular formula is C30H25FN2O7S. The summed E-state index contributed by atoms with van der Waals surface area (Å²) in [7, 11) is 4.37. The molecule has 3 heterocycles. The second-order valence-corrected chi connectivity index (χ2v) is 10.7. The molecule has 0 bridgehead atoms. The Labute approximate surface area is 238 Å². The zero-order valence-electron chi connectivity index (χ0n) is 22.6. The lowest BCUT2D eigenvalue weighted by atomic mass is 9.94. The first-order valence-electron chi connectivity index (χ1n) is 12.7. The molecule has 210 valence electrons. The number of hydrogen-bond donors (Lipinski definition) is 1. The highest BCUT2D eigenvalue weighted by atomic mass is 32.1. The lowest BCUT2D eigenvalue weighted by molar-refractivity contribution is -0.132. The molecule has 1 amide bonds. The molecule has 3 aromatic carbocycles. The predicted molar refractivity (Wildman–Crippen MR) is 151 cm³/mol. The Morgan fingerprint density at radius 1 is 1.05 bits per heavy atom. The summed E-state index contributed by atoms with van der Waals surface area (Å²) in [6.45, 7) is 1.94. The molecule has 0 spiro atoms. The minimum absolute atomic E-state index is 0.0175. The van der Waals surface area contributed by atoms with Gasteiger partial charge in [0.15, 0.2) is 16.6 Å². The number of aliphatic hydroxyl groups excluding tert-OH is 1. The van der Waals surface area contributed by atoms with E-state index in [4.69, 9.17) is 18.9 Å². The summed E-state index contributed by atoms with van der Waals surface area (Å²) in [5.74, 6) is -0.967. The molecule has 0 aliphatic carbocycles. The number of benzene rings is 3. The van der Waals surface area contributed by atoms with Gasteiger partial charge in [-0.25, -0.2) is 9.37 Å². The fourth-order valence-electron chi connectivity index (χ4n) is 5.32. The van der Waals surface area contributed by atoms with Gasteiger partial charge in [0.1, 0.15) is 23.4 Å². The molecule has 1 saturated heterocycles. The fraction of sp³-hybridized carbons (Fsp3) is 0.233. The van der Waals surface area contributed by atoms with Crippen molar-refractivity contribution < 1.29 is 38.0 Å². The van der Waals surface area contributed by atoms with Crippen LogP contribution in [0, 0.1) is 5.82 Å². The Morgan fingerprint density at radius 2 is 1.78 bits per heavy atom. The van der Waals surface area contributed by atoms with Crippen LogP contribution in [0.5, 0.6) is 23.0 Å². The molecule has 4 aromatic rings. The van der Waals surface area contributed by atoms with Gasteiger partial charge in [0.2, 0.25) is 5.75 Å². The van der Waals surface area contributed by atoms with Crippen molar-refractivity contribution in [2.75, 3.05) is 26.2 Å². The van der Waals surface area contributed by atoms with E-state index in [9.17, 15) is 19.1 Å². The zero-order valence-corrected chi connectivity index (χ0v) is 23.4. The highest BCUT2D eigenvalue weighted by Gasteiger charge is 2.48. The maximum Gasteiger partial charge on any atom is 0.301 e. The number of anilines is 1. The quantitative estimate of drug-likeness (QED) is 0.185. The van der Waals surface area contributed by atoms with Crippen LogP contribution in [0.2, 0.25) is 0 Å². The molecule has 0 radical (unpaired) electrons. The predicted octanol–water partition coefficient (Wildman–Crippen LogP) is 5.41. The third-order valence-electron chi connectivity index (χ3n) is 7.16. The number of fused-ring (bicyclic) bond motifs is 2. The average Bonchev–Trinajstić information content (AvgIpc) is 3.63. The lowest BCUT2D eigenvalue weighted by Gasteiger charge is -2.24. The number of aliphatic hydroxyl groups is 1. The number of aromatic nitrogens is 1. The van der Waals surface area contributed by atoms with Gasteiger partial charge in [-0.3, -0.25) is 14.5 Å². The van der Waals surface area contributed by atoms with Gasteiger partial charge in [0.05, 0.1) is 43.2 Å². The number of Topliss-reactive ketones (excluding diaryl/α,β-unsaturated/α-hetero) is 1. The zero-order chi connectivity index (χ0) is 29.0. The van der Waals surface area contributed by atoms with Crippen molar-refractivity contribution in [2.45, 2.75) is 25.5 Å². The largest absolute Gasteiger partial charge is 0.507 e. The van der Waals surface area contributed by atoms with Crippen molar-refractivity contribution in [3.63, 3.8) is 0 Å². The number of nitrogens with zero attached hydrogens (tertiary/aromatic N) is 2. The Hall–Kier alpha value is -4.64. The number of hydrogen-bond acceptors (Lipinski definition) is 9. The summed E-state index contributed by atoms with van der Waals surface area (Å²) in [6, 6.07) is 11.3. The van der Waals surface area contributed by atoms with Gasteiger partial charge in [0, 0.05) is 12.0 Å². The van der Waals surface area contributed by atoms with Crippen molar-refractivity contribution in [1.29, 1.82) is 0 Å². The van der Waals surface area contributed by atoms with Crippen molar-refractivity contribution >= 4 is 44.1 Å². The van der Waals surface area contributed by atoms with Gasteiger partial charge in [-0.2, -0.15) is 0 Å². The van der Waals surface area contributed by atoms with Crippen LogP contribution in [0.3, 0.4) is 0 Å². The van der Waals surface area contributed by atoms with Crippen molar-refractivity contribution in [3.8, 4) is 23.0 Å². The van der Waals surface area contributed by atoms with Gasteiger partial charge in [-0.1, -0.05) is 11.3 Å². The third kappa shape index (κ3) is 4.33. The standard InChI is InChI=1S/C30H25FN2O7S/c1-14-9-16-10-15(5-8-20(16)40-14)26(34)24-25(17-11-21(37-2)28(39-4)22(12-17)38-3)33(29(36)27(24)35)30-32-19-7-6-18(31)13-23(19)41-30/h5-8,10-14,25,34H,9H2,1-4H3/b26-24+. The van der Waals surface area contributed by atoms with Gasteiger partial charge in [0.25, 0.3) is 5.78 Å². The van der Waals surface area contributed by atoms with Crippen LogP contribution in [0.4, 0.5) is 9.52 Å². The highest BCUT2D eigenvalue weighted by molar-refractivity contribution is 7.22. The van der Waals surface area contributed by atoms with Gasteiger partial charge >= 0.3 is 5.91 Å². The minimum Gasteiger partial charge on any atom is -0.507 e. The van der Waals surface area contributed by atoms with Crippen molar-refractivity contribution in [1.82, 2.24) is 4.98 Å². The number of methoxy groups -OCH3 is 3. The summed E-state index contributed by atoms with van der Waals surface area (Å²) in [4.78, 5) is 33.1. The molecule has 9 nitrogen and oxygen atoms in total. The van der Waals surface area contributed by atoms with Gasteiger partial charge in [-0.05, 0) is 66.6 Å². The third-order valence-corrected chi connectivity index (χ3v) is 8.18. The van der Waals surface area contributed by atoms with Crippen LogP contribution in [-0.4, -0.2) is 49.2 Å². The number of ketones is 1. The normalized spacial score (nSPS) is 19.4. The number of halogens is 1. The van der Waals surface area contributed by atoms with Gasteiger partial charge < -0.3 is 24.1 Å². The van der Waals surface area contributed by atoms with Crippen LogP contribution in [0.1, 0.15) is 29.7 Å². The molecule has 1 aromatic heterocycles. The molecule has 1 fully saturated rings. The molecule has 41 heavy (non-hydrogen) atoms. The van der Waals surface area contributed by atoms with Crippen LogP contribution in [0.15, 0.2) is 54.1 Å². The number of carbonyl (C=O) groups excluding carboxylic acids is 2. The summed E-state index contributed by atoms with van der Waals surface area (Å²) in [5, 5.41) is 11.8. The van der Waals surface area contributed by atoms with Crippen LogP contribution in [0.25, 0.3) is 16.0 Å². The van der Waals surface area contributed by atoms with E-state index in [0.29, 0.717) is 50.8 Å². The van der Waals surface area contributed by atoms with Gasteiger partial charge in [-0.15, -0.1) is 0 Å². The number of carbonyl (C=O) groups is 2. The average molecular weight is 577 g/mol. The van der Waals surface area contributed by atoms with E-state index < -0.39 is 23.5 Å². The van der Waals surface area contributed by atoms with E-state index in [1.807, 2.05) is 6.92 Å². The van der Waals surface area contributed by atoms with E-state index in [1.54, 1.807) is 30.3 Å². The van der Waals surface area contributed by atoms with E-state index in [1.165, 1.54) is 44.4 Å². The van der Waals surface area contributed by atoms with E-state index in [2.05, 4.69) is 4.98 Å². The van der Waals surface area contributed by atoms with Crippen molar-refractivity contribution in [2.24, 2.45) is 0 Å². The van der Waals surface area contributed by atoms with Crippen LogP contribution >= 0.6 is 11.3 Å². The van der Waals surface area contributed by atoms with E-state index >= 15 is 0 Å². The molecule has 6 rings (SSSR count). The summed E-state index contributed by atoms with van der Waals surface area (Å²) in [6.07, 6.45) is 0.625. The second-order valence-electron chi connectivity index (χ2n) is 9.69. The summed E-state index contributed by atoms with van der Waals surface area (Å²) >= 11 is 1.06. The monoisotopic (exact) mass is 576 g/mol. The maximum atomic E-state index is 14.0. The first-order valence-corrected chi connectivity index (χ1v) is 13.5. The molecular weight excluding hydrogens is 551 g/mol. The molecule has 2 atom stereocenters. The fourth-order valence-corrected chi connectivity index (χ4v) is 6.34. The first-order chi connectivity index (χ1) is 19.7. The number of thiazole rings is 1. The Kier molecular flexibility index (Phi) is 6.53. The second kappa shape index (κ2) is 10.1. The van der Waals surface area contributed by atoms with E-state index in [0.717, 1.165) is 16.9 Å². The molecule has 11 heteroatoms. The first kappa shape index (κ1) is 26.6. The Bertz CT molecular complexity index is 1740. The number of ether oxygens (including phenoxy) is 4. The Morgan fingerprint density at radius 3 is 2.46 bits per heavy atom. The number of amides is 1. The smallest absolute Gasteiger partial charge is 0.301 e.